The lowest BCUT2D eigenvalue weighted by Crippen LogP contribution is -2.10. The monoisotopic (exact) mass is 295 g/mol. The van der Waals surface area contributed by atoms with Crippen molar-refractivity contribution in [2.75, 3.05) is 0 Å². The molecule has 0 bridgehead atoms. The Bertz CT molecular complexity index is 437. The Morgan fingerprint density at radius 2 is 1.88 bits per heavy atom. The van der Waals surface area contributed by atoms with Gasteiger partial charge in [0.25, 0.3) is 5.69 Å². The van der Waals surface area contributed by atoms with Gasteiger partial charge in [0.15, 0.2) is 0 Å². The van der Waals surface area contributed by atoms with Crippen LogP contribution in [0.1, 0.15) is 31.7 Å². The number of nitro benzene ring substituents is 1. The lowest BCUT2D eigenvalue weighted by molar-refractivity contribution is -0.385. The smallest absolute Gasteiger partial charge is 0.258 e. The third-order valence-electron chi connectivity index (χ3n) is 2.69. The maximum absolute atomic E-state index is 11.0. The molecule has 2 atom stereocenters. The second-order valence-electron chi connectivity index (χ2n) is 3.80. The van der Waals surface area contributed by atoms with Crippen LogP contribution in [0.15, 0.2) is 12.1 Å². The van der Waals surface area contributed by atoms with Crippen LogP contribution in [-0.4, -0.2) is 10.3 Å². The molecule has 0 aliphatic carbocycles. The summed E-state index contributed by atoms with van der Waals surface area (Å²) in [6, 6.07) is 2.80. The number of alkyl halides is 1. The highest BCUT2D eigenvalue weighted by Gasteiger charge is 2.25. The molecule has 3 nitrogen and oxygen atoms in total. The summed E-state index contributed by atoms with van der Waals surface area (Å²) in [5.41, 5.74) is 0.484. The van der Waals surface area contributed by atoms with Crippen LogP contribution in [0, 0.1) is 10.1 Å². The first-order chi connectivity index (χ1) is 7.88. The average Bonchev–Trinajstić information content (AvgIpc) is 2.29. The number of hydrogen-bond acceptors (Lipinski definition) is 2. The number of halogens is 3. The minimum absolute atomic E-state index is 0.0361. The van der Waals surface area contributed by atoms with E-state index in [0.29, 0.717) is 10.6 Å². The lowest BCUT2D eigenvalue weighted by Gasteiger charge is -2.17. The van der Waals surface area contributed by atoms with E-state index in [1.165, 1.54) is 12.1 Å². The van der Waals surface area contributed by atoms with E-state index < -0.39 is 4.92 Å². The molecule has 0 saturated heterocycles. The molecule has 2 unspecified atom stereocenters. The molecular weight excluding hydrogens is 284 g/mol. The third-order valence-corrected chi connectivity index (χ3v) is 4.10. The molecule has 0 aromatic heterocycles. The SMILES string of the molecule is CCC(Cl)C(C)c1cc(Cl)c(Cl)cc1[N+](=O)[O-]. The number of nitrogens with zero attached hydrogens (tertiary/aromatic N) is 1. The molecule has 1 aromatic carbocycles. The highest BCUT2D eigenvalue weighted by molar-refractivity contribution is 6.42. The number of hydrogen-bond donors (Lipinski definition) is 0. The maximum atomic E-state index is 11.0. The van der Waals surface area contributed by atoms with Gasteiger partial charge in [0.1, 0.15) is 0 Å². The van der Waals surface area contributed by atoms with E-state index in [0.717, 1.165) is 6.42 Å². The molecule has 0 heterocycles. The summed E-state index contributed by atoms with van der Waals surface area (Å²) >= 11 is 17.8. The number of nitro groups is 1. The van der Waals surface area contributed by atoms with Gasteiger partial charge in [0.2, 0.25) is 0 Å². The molecular formula is C11H12Cl3NO2. The van der Waals surface area contributed by atoms with Crippen LogP contribution in [0.2, 0.25) is 10.0 Å². The largest absolute Gasteiger partial charge is 0.274 e. The van der Waals surface area contributed by atoms with E-state index in [9.17, 15) is 10.1 Å². The Morgan fingerprint density at radius 3 is 2.35 bits per heavy atom. The normalized spacial score (nSPS) is 14.4. The Morgan fingerprint density at radius 1 is 1.35 bits per heavy atom. The second kappa shape index (κ2) is 5.89. The first kappa shape index (κ1) is 14.6. The van der Waals surface area contributed by atoms with Gasteiger partial charge in [-0.3, -0.25) is 10.1 Å². The van der Waals surface area contributed by atoms with Crippen molar-refractivity contribution < 1.29 is 4.92 Å². The minimum atomic E-state index is -0.465. The van der Waals surface area contributed by atoms with Crippen LogP contribution in [0.5, 0.6) is 0 Å². The van der Waals surface area contributed by atoms with Crippen molar-refractivity contribution in [2.45, 2.75) is 31.6 Å². The quantitative estimate of drug-likeness (QED) is 0.444. The molecule has 0 radical (unpaired) electrons. The first-order valence-electron chi connectivity index (χ1n) is 5.15. The van der Waals surface area contributed by atoms with Gasteiger partial charge < -0.3 is 0 Å². The molecule has 0 spiro atoms. The predicted molar refractivity (Wildman–Crippen MR) is 71.5 cm³/mol. The van der Waals surface area contributed by atoms with Crippen LogP contribution in [-0.2, 0) is 0 Å². The van der Waals surface area contributed by atoms with Crippen LogP contribution < -0.4 is 0 Å². The molecule has 0 aliphatic heterocycles. The summed E-state index contributed by atoms with van der Waals surface area (Å²) in [6.45, 7) is 3.77. The number of benzene rings is 1. The van der Waals surface area contributed by atoms with Crippen LogP contribution in [0.3, 0.4) is 0 Å². The molecule has 0 N–H and O–H groups in total. The van der Waals surface area contributed by atoms with Gasteiger partial charge in [-0.1, -0.05) is 37.0 Å². The molecule has 17 heavy (non-hydrogen) atoms. The van der Waals surface area contributed by atoms with Gasteiger partial charge in [-0.25, -0.2) is 0 Å². The molecule has 0 amide bonds. The summed E-state index contributed by atoms with van der Waals surface area (Å²) in [7, 11) is 0. The van der Waals surface area contributed by atoms with Crippen LogP contribution in [0.4, 0.5) is 5.69 Å². The van der Waals surface area contributed by atoms with E-state index in [1.807, 2.05) is 13.8 Å². The summed E-state index contributed by atoms with van der Waals surface area (Å²) in [5.74, 6) is -0.156. The highest BCUT2D eigenvalue weighted by atomic mass is 35.5. The van der Waals surface area contributed by atoms with Gasteiger partial charge in [-0.2, -0.15) is 0 Å². The molecule has 0 aliphatic rings. The molecule has 1 rings (SSSR count). The minimum Gasteiger partial charge on any atom is -0.258 e. The number of rotatable bonds is 4. The van der Waals surface area contributed by atoms with Gasteiger partial charge in [0.05, 0.1) is 15.0 Å². The van der Waals surface area contributed by atoms with E-state index in [2.05, 4.69) is 0 Å². The van der Waals surface area contributed by atoms with Gasteiger partial charge in [-0.05, 0) is 12.5 Å². The highest BCUT2D eigenvalue weighted by Crippen LogP contribution is 2.37. The Kier molecular flexibility index (Phi) is 5.04. The zero-order chi connectivity index (χ0) is 13.2. The van der Waals surface area contributed by atoms with Crippen molar-refractivity contribution >= 4 is 40.5 Å². The third kappa shape index (κ3) is 3.24. The van der Waals surface area contributed by atoms with Crippen molar-refractivity contribution in [2.24, 2.45) is 0 Å². The first-order valence-corrected chi connectivity index (χ1v) is 6.35. The average molecular weight is 297 g/mol. The fourth-order valence-corrected chi connectivity index (χ4v) is 2.09. The zero-order valence-electron chi connectivity index (χ0n) is 9.41. The van der Waals surface area contributed by atoms with E-state index in [4.69, 9.17) is 34.8 Å². The molecule has 1 aromatic rings. The van der Waals surface area contributed by atoms with Gasteiger partial charge in [-0.15, -0.1) is 11.6 Å². The van der Waals surface area contributed by atoms with Gasteiger partial charge in [0, 0.05) is 22.9 Å². The van der Waals surface area contributed by atoms with E-state index in [1.54, 1.807) is 0 Å². The standard InChI is InChI=1S/C11H12Cl3NO2/c1-3-8(12)6(2)7-4-9(13)10(14)5-11(7)15(16)17/h4-6,8H,3H2,1-2H3. The van der Waals surface area contributed by atoms with Crippen LogP contribution in [0.25, 0.3) is 0 Å². The summed E-state index contributed by atoms with van der Waals surface area (Å²) in [4.78, 5) is 10.5. The topological polar surface area (TPSA) is 43.1 Å². The summed E-state index contributed by atoms with van der Waals surface area (Å²) in [6.07, 6.45) is 0.722. The molecule has 94 valence electrons. The summed E-state index contributed by atoms with van der Waals surface area (Å²) in [5, 5.41) is 11.3. The van der Waals surface area contributed by atoms with Crippen molar-refractivity contribution in [3.63, 3.8) is 0 Å². The Labute approximate surface area is 115 Å². The second-order valence-corrected chi connectivity index (χ2v) is 5.17. The Hall–Kier alpha value is -0.510. The molecule has 6 heteroatoms. The summed E-state index contributed by atoms with van der Waals surface area (Å²) < 4.78 is 0. The zero-order valence-corrected chi connectivity index (χ0v) is 11.7. The van der Waals surface area contributed by atoms with Gasteiger partial charge >= 0.3 is 0 Å². The van der Waals surface area contributed by atoms with E-state index in [-0.39, 0.29) is 22.0 Å². The van der Waals surface area contributed by atoms with Crippen molar-refractivity contribution in [1.29, 1.82) is 0 Å². The maximum Gasteiger partial charge on any atom is 0.274 e. The lowest BCUT2D eigenvalue weighted by atomic mass is 9.94. The van der Waals surface area contributed by atoms with Crippen molar-refractivity contribution in [1.82, 2.24) is 0 Å². The fraction of sp³-hybridized carbons (Fsp3) is 0.455. The van der Waals surface area contributed by atoms with Crippen molar-refractivity contribution in [3.05, 3.63) is 37.9 Å². The molecule has 0 fully saturated rings. The van der Waals surface area contributed by atoms with E-state index >= 15 is 0 Å². The predicted octanol–water partition coefficient (Wildman–Crippen LogP) is 5.02. The van der Waals surface area contributed by atoms with Crippen molar-refractivity contribution in [3.8, 4) is 0 Å². The fourth-order valence-electron chi connectivity index (χ4n) is 1.62. The Balaban J connectivity index is 3.30. The molecule has 0 saturated carbocycles. The van der Waals surface area contributed by atoms with Crippen LogP contribution >= 0.6 is 34.8 Å².